The molecule has 1 aromatic heterocycles. The SMILES string of the molecule is COc1cnn(C(C)C)c1C(=O)c1ccc(Br)c(Cl)c1. The fourth-order valence-corrected chi connectivity index (χ4v) is 2.30. The molecule has 0 fully saturated rings. The number of nitrogens with zero attached hydrogens (tertiary/aromatic N) is 2. The van der Waals surface area contributed by atoms with Crippen LogP contribution in [0.3, 0.4) is 0 Å². The van der Waals surface area contributed by atoms with E-state index in [1.807, 2.05) is 13.8 Å². The molecule has 106 valence electrons. The number of ether oxygens (including phenoxy) is 1. The summed E-state index contributed by atoms with van der Waals surface area (Å²) in [6.45, 7) is 3.91. The molecule has 1 aromatic carbocycles. The largest absolute Gasteiger partial charge is 0.493 e. The lowest BCUT2D eigenvalue weighted by atomic mass is 10.1. The second-order valence-electron chi connectivity index (χ2n) is 4.56. The van der Waals surface area contributed by atoms with Gasteiger partial charge in [-0.25, -0.2) is 0 Å². The zero-order valence-electron chi connectivity index (χ0n) is 11.4. The Morgan fingerprint density at radius 1 is 1.45 bits per heavy atom. The number of carbonyl (C=O) groups excluding carboxylic acids is 1. The standard InChI is InChI=1S/C14H14BrClN2O2/c1-8(2)18-13(12(20-3)7-17-18)14(19)9-4-5-10(15)11(16)6-9/h4-8H,1-3H3. The van der Waals surface area contributed by atoms with Crippen molar-refractivity contribution in [3.8, 4) is 5.75 Å². The van der Waals surface area contributed by atoms with E-state index >= 15 is 0 Å². The Kier molecular flexibility index (Phi) is 4.50. The highest BCUT2D eigenvalue weighted by Crippen LogP contribution is 2.28. The summed E-state index contributed by atoms with van der Waals surface area (Å²) in [5.41, 5.74) is 0.930. The van der Waals surface area contributed by atoms with Gasteiger partial charge in [0.1, 0.15) is 0 Å². The first-order chi connectivity index (χ1) is 9.45. The minimum Gasteiger partial charge on any atom is -0.493 e. The first-order valence-electron chi connectivity index (χ1n) is 6.07. The van der Waals surface area contributed by atoms with Gasteiger partial charge < -0.3 is 4.74 Å². The number of hydrogen-bond donors (Lipinski definition) is 0. The van der Waals surface area contributed by atoms with E-state index in [0.29, 0.717) is 22.0 Å². The lowest BCUT2D eigenvalue weighted by molar-refractivity contribution is 0.102. The van der Waals surface area contributed by atoms with Crippen molar-refractivity contribution in [1.29, 1.82) is 0 Å². The van der Waals surface area contributed by atoms with Crippen LogP contribution < -0.4 is 4.74 Å². The van der Waals surface area contributed by atoms with Gasteiger partial charge in [0.2, 0.25) is 5.78 Å². The third-order valence-electron chi connectivity index (χ3n) is 2.87. The van der Waals surface area contributed by atoms with Crippen molar-refractivity contribution in [2.45, 2.75) is 19.9 Å². The van der Waals surface area contributed by atoms with Gasteiger partial charge in [-0.05, 0) is 48.0 Å². The Morgan fingerprint density at radius 3 is 2.70 bits per heavy atom. The number of benzene rings is 1. The summed E-state index contributed by atoms with van der Waals surface area (Å²) in [7, 11) is 1.52. The average molecular weight is 358 g/mol. The molecular formula is C14H14BrClN2O2. The maximum absolute atomic E-state index is 12.7. The fourth-order valence-electron chi connectivity index (χ4n) is 1.88. The van der Waals surface area contributed by atoms with Crippen LogP contribution in [-0.4, -0.2) is 22.7 Å². The smallest absolute Gasteiger partial charge is 0.214 e. The highest BCUT2D eigenvalue weighted by molar-refractivity contribution is 9.10. The summed E-state index contributed by atoms with van der Waals surface area (Å²) in [5.74, 6) is 0.296. The predicted molar refractivity (Wildman–Crippen MR) is 81.7 cm³/mol. The van der Waals surface area contributed by atoms with Crippen LogP contribution in [0.1, 0.15) is 35.9 Å². The van der Waals surface area contributed by atoms with E-state index in [0.717, 1.165) is 4.47 Å². The molecule has 0 aliphatic rings. The highest BCUT2D eigenvalue weighted by atomic mass is 79.9. The van der Waals surface area contributed by atoms with Crippen molar-refractivity contribution in [3.05, 3.63) is 45.1 Å². The van der Waals surface area contributed by atoms with E-state index in [1.165, 1.54) is 7.11 Å². The molecule has 20 heavy (non-hydrogen) atoms. The van der Waals surface area contributed by atoms with Gasteiger partial charge >= 0.3 is 0 Å². The predicted octanol–water partition coefficient (Wildman–Crippen LogP) is 4.12. The van der Waals surface area contributed by atoms with E-state index in [4.69, 9.17) is 16.3 Å². The van der Waals surface area contributed by atoms with Crippen molar-refractivity contribution in [3.63, 3.8) is 0 Å². The molecule has 0 bridgehead atoms. The number of aromatic nitrogens is 2. The van der Waals surface area contributed by atoms with Gasteiger partial charge in [0, 0.05) is 16.1 Å². The highest BCUT2D eigenvalue weighted by Gasteiger charge is 2.22. The fraction of sp³-hybridized carbons (Fsp3) is 0.286. The third kappa shape index (κ3) is 2.74. The molecule has 0 saturated heterocycles. The molecule has 0 radical (unpaired) electrons. The van der Waals surface area contributed by atoms with Crippen LogP contribution in [-0.2, 0) is 0 Å². The van der Waals surface area contributed by atoms with Crippen molar-refractivity contribution < 1.29 is 9.53 Å². The summed E-state index contributed by atoms with van der Waals surface area (Å²) in [6.07, 6.45) is 1.55. The minimum absolute atomic E-state index is 0.0590. The Labute approximate surface area is 130 Å². The molecule has 0 aliphatic carbocycles. The van der Waals surface area contributed by atoms with Gasteiger partial charge in [0.15, 0.2) is 11.4 Å². The first-order valence-corrected chi connectivity index (χ1v) is 7.24. The molecule has 6 heteroatoms. The Hall–Kier alpha value is -1.33. The Bertz CT molecular complexity index is 653. The van der Waals surface area contributed by atoms with Crippen molar-refractivity contribution in [1.82, 2.24) is 9.78 Å². The van der Waals surface area contributed by atoms with Crippen LogP contribution in [0.5, 0.6) is 5.75 Å². The maximum Gasteiger partial charge on any atom is 0.214 e. The lowest BCUT2D eigenvalue weighted by Crippen LogP contribution is -2.14. The summed E-state index contributed by atoms with van der Waals surface area (Å²) < 4.78 is 7.63. The van der Waals surface area contributed by atoms with Gasteiger partial charge in [-0.15, -0.1) is 0 Å². The van der Waals surface area contributed by atoms with E-state index < -0.39 is 0 Å². The lowest BCUT2D eigenvalue weighted by Gasteiger charge is -2.11. The van der Waals surface area contributed by atoms with Crippen LogP contribution in [0.2, 0.25) is 5.02 Å². The van der Waals surface area contributed by atoms with Gasteiger partial charge in [0.05, 0.1) is 18.3 Å². The number of rotatable bonds is 4. The number of ketones is 1. The monoisotopic (exact) mass is 356 g/mol. The second-order valence-corrected chi connectivity index (χ2v) is 5.82. The molecule has 0 amide bonds. The first kappa shape index (κ1) is 15.1. The molecule has 2 rings (SSSR count). The molecular weight excluding hydrogens is 344 g/mol. The molecule has 0 unspecified atom stereocenters. The second kappa shape index (κ2) is 5.97. The van der Waals surface area contributed by atoms with Crippen molar-refractivity contribution >= 4 is 33.3 Å². The molecule has 4 nitrogen and oxygen atoms in total. The zero-order chi connectivity index (χ0) is 14.9. The van der Waals surface area contributed by atoms with E-state index in [1.54, 1.807) is 29.1 Å². The number of hydrogen-bond acceptors (Lipinski definition) is 3. The number of carbonyl (C=O) groups is 1. The van der Waals surface area contributed by atoms with Crippen molar-refractivity contribution in [2.24, 2.45) is 0 Å². The Balaban J connectivity index is 2.52. The van der Waals surface area contributed by atoms with Crippen LogP contribution in [0.4, 0.5) is 0 Å². The van der Waals surface area contributed by atoms with Gasteiger partial charge in [0.25, 0.3) is 0 Å². The molecule has 1 heterocycles. The van der Waals surface area contributed by atoms with Crippen LogP contribution in [0.25, 0.3) is 0 Å². The van der Waals surface area contributed by atoms with Gasteiger partial charge in [-0.1, -0.05) is 11.6 Å². The third-order valence-corrected chi connectivity index (χ3v) is 4.10. The molecule has 0 atom stereocenters. The topological polar surface area (TPSA) is 44.1 Å². The summed E-state index contributed by atoms with van der Waals surface area (Å²) in [4.78, 5) is 12.7. The van der Waals surface area contributed by atoms with Crippen LogP contribution in [0.15, 0.2) is 28.9 Å². The summed E-state index contributed by atoms with van der Waals surface area (Å²) in [6, 6.07) is 5.15. The van der Waals surface area contributed by atoms with Crippen LogP contribution >= 0.6 is 27.5 Å². The molecule has 0 aliphatic heterocycles. The maximum atomic E-state index is 12.7. The van der Waals surface area contributed by atoms with Gasteiger partial charge in [-0.3, -0.25) is 9.48 Å². The number of halogens is 2. The molecule has 2 aromatic rings. The Morgan fingerprint density at radius 2 is 2.15 bits per heavy atom. The number of methoxy groups -OCH3 is 1. The quantitative estimate of drug-likeness (QED) is 0.773. The van der Waals surface area contributed by atoms with E-state index in [-0.39, 0.29) is 11.8 Å². The molecule has 0 N–H and O–H groups in total. The summed E-state index contributed by atoms with van der Waals surface area (Å²) >= 11 is 9.35. The van der Waals surface area contributed by atoms with Crippen molar-refractivity contribution in [2.75, 3.05) is 7.11 Å². The summed E-state index contributed by atoms with van der Waals surface area (Å²) in [5, 5.41) is 4.69. The minimum atomic E-state index is -0.164. The van der Waals surface area contributed by atoms with E-state index in [2.05, 4.69) is 21.0 Å². The zero-order valence-corrected chi connectivity index (χ0v) is 13.7. The average Bonchev–Trinajstić information content (AvgIpc) is 2.85. The van der Waals surface area contributed by atoms with Gasteiger partial charge in [-0.2, -0.15) is 5.10 Å². The van der Waals surface area contributed by atoms with E-state index in [9.17, 15) is 4.79 Å². The molecule has 0 saturated carbocycles. The van der Waals surface area contributed by atoms with Crippen LogP contribution in [0, 0.1) is 0 Å². The molecule has 0 spiro atoms. The normalized spacial score (nSPS) is 10.9.